The van der Waals surface area contributed by atoms with Crippen molar-refractivity contribution in [3.63, 3.8) is 0 Å². The molecule has 3 nitrogen and oxygen atoms in total. The van der Waals surface area contributed by atoms with Crippen LogP contribution >= 0.6 is 0 Å². The zero-order chi connectivity index (χ0) is 11.8. The van der Waals surface area contributed by atoms with Crippen molar-refractivity contribution in [2.75, 3.05) is 13.2 Å². The van der Waals surface area contributed by atoms with Crippen LogP contribution in [0.1, 0.15) is 52.4 Å². The number of hydrogen-bond donors (Lipinski definition) is 1. The second kappa shape index (κ2) is 7.66. The third-order valence-electron chi connectivity index (χ3n) is 3.33. The second-order valence-corrected chi connectivity index (χ2v) is 4.66. The molecule has 1 amide bonds. The van der Waals surface area contributed by atoms with Crippen molar-refractivity contribution >= 4 is 5.91 Å². The molecule has 2 atom stereocenters. The molecule has 0 aromatic heterocycles. The van der Waals surface area contributed by atoms with Gasteiger partial charge in [-0.1, -0.05) is 33.1 Å². The minimum absolute atomic E-state index is 0.0902. The molecule has 0 spiro atoms. The molecule has 1 saturated heterocycles. The van der Waals surface area contributed by atoms with E-state index in [2.05, 4.69) is 19.2 Å². The van der Waals surface area contributed by atoms with Crippen LogP contribution in [-0.4, -0.2) is 25.2 Å². The number of carbonyl (C=O) groups is 1. The van der Waals surface area contributed by atoms with Gasteiger partial charge >= 0.3 is 0 Å². The lowest BCUT2D eigenvalue weighted by molar-refractivity contribution is -0.130. The number of nitrogens with one attached hydrogen (secondary N) is 1. The average Bonchev–Trinajstić information content (AvgIpc) is 2.82. The summed E-state index contributed by atoms with van der Waals surface area (Å²) in [4.78, 5) is 11.7. The molecule has 94 valence electrons. The fourth-order valence-electron chi connectivity index (χ4n) is 2.09. The number of carbonyl (C=O) groups excluding carboxylic acids is 1. The van der Waals surface area contributed by atoms with E-state index < -0.39 is 0 Å². The lowest BCUT2D eigenvalue weighted by Gasteiger charge is -2.17. The first-order valence-electron chi connectivity index (χ1n) is 6.67. The molecular weight excluding hydrogens is 202 g/mol. The lowest BCUT2D eigenvalue weighted by atomic mass is 9.99. The largest absolute Gasteiger partial charge is 0.368 e. The topological polar surface area (TPSA) is 38.3 Å². The van der Waals surface area contributed by atoms with Crippen LogP contribution in [0.2, 0.25) is 0 Å². The number of unbranched alkanes of at least 4 members (excludes halogenated alkanes) is 1. The van der Waals surface area contributed by atoms with Crippen molar-refractivity contribution in [3.8, 4) is 0 Å². The Morgan fingerprint density at radius 3 is 2.88 bits per heavy atom. The molecule has 0 radical (unpaired) electrons. The summed E-state index contributed by atoms with van der Waals surface area (Å²) < 4.78 is 5.35. The van der Waals surface area contributed by atoms with Gasteiger partial charge in [0, 0.05) is 13.2 Å². The summed E-state index contributed by atoms with van der Waals surface area (Å²) in [6, 6.07) is 0. The van der Waals surface area contributed by atoms with E-state index in [1.165, 1.54) is 19.3 Å². The smallest absolute Gasteiger partial charge is 0.249 e. The monoisotopic (exact) mass is 227 g/mol. The molecule has 0 unspecified atom stereocenters. The lowest BCUT2D eigenvalue weighted by Crippen LogP contribution is -2.37. The number of hydrogen-bond acceptors (Lipinski definition) is 2. The van der Waals surface area contributed by atoms with E-state index in [9.17, 15) is 4.79 Å². The Bertz CT molecular complexity index is 200. The predicted octanol–water partition coefficient (Wildman–Crippen LogP) is 2.50. The highest BCUT2D eigenvalue weighted by atomic mass is 16.5. The van der Waals surface area contributed by atoms with Crippen molar-refractivity contribution in [1.82, 2.24) is 5.32 Å². The van der Waals surface area contributed by atoms with Crippen LogP contribution in [0.3, 0.4) is 0 Å². The molecule has 0 bridgehead atoms. The van der Waals surface area contributed by atoms with Crippen molar-refractivity contribution in [2.24, 2.45) is 5.92 Å². The summed E-state index contributed by atoms with van der Waals surface area (Å²) in [5, 5.41) is 3.02. The third-order valence-corrected chi connectivity index (χ3v) is 3.33. The van der Waals surface area contributed by atoms with Crippen LogP contribution < -0.4 is 5.32 Å². The first kappa shape index (κ1) is 13.5. The van der Waals surface area contributed by atoms with E-state index in [1.807, 2.05) is 0 Å². The summed E-state index contributed by atoms with van der Waals surface area (Å²) in [7, 11) is 0. The minimum Gasteiger partial charge on any atom is -0.368 e. The van der Waals surface area contributed by atoms with Crippen LogP contribution in [0, 0.1) is 5.92 Å². The number of amides is 1. The molecule has 1 heterocycles. The first-order chi connectivity index (χ1) is 7.77. The van der Waals surface area contributed by atoms with Gasteiger partial charge < -0.3 is 10.1 Å². The van der Waals surface area contributed by atoms with Gasteiger partial charge in [-0.3, -0.25) is 4.79 Å². The van der Waals surface area contributed by atoms with Gasteiger partial charge in [0.15, 0.2) is 0 Å². The van der Waals surface area contributed by atoms with Gasteiger partial charge in [0.1, 0.15) is 6.10 Å². The second-order valence-electron chi connectivity index (χ2n) is 4.66. The van der Waals surface area contributed by atoms with Gasteiger partial charge in [-0.15, -0.1) is 0 Å². The highest BCUT2D eigenvalue weighted by Crippen LogP contribution is 2.14. The van der Waals surface area contributed by atoms with Gasteiger partial charge in [-0.25, -0.2) is 0 Å². The summed E-state index contributed by atoms with van der Waals surface area (Å²) in [6.45, 7) is 5.95. The fraction of sp³-hybridized carbons (Fsp3) is 0.923. The van der Waals surface area contributed by atoms with Crippen LogP contribution in [0.25, 0.3) is 0 Å². The Hall–Kier alpha value is -0.570. The zero-order valence-corrected chi connectivity index (χ0v) is 10.6. The summed E-state index contributed by atoms with van der Waals surface area (Å²) in [5.74, 6) is 0.720. The van der Waals surface area contributed by atoms with Crippen molar-refractivity contribution < 1.29 is 9.53 Å². The average molecular weight is 227 g/mol. The minimum atomic E-state index is -0.177. The molecular formula is C13H25NO2. The highest BCUT2D eigenvalue weighted by molar-refractivity contribution is 5.80. The van der Waals surface area contributed by atoms with E-state index in [0.29, 0.717) is 5.92 Å². The molecule has 0 aromatic carbocycles. The Balaban J connectivity index is 2.17. The first-order valence-corrected chi connectivity index (χ1v) is 6.67. The molecule has 0 aromatic rings. The van der Waals surface area contributed by atoms with Crippen LogP contribution in [0.5, 0.6) is 0 Å². The van der Waals surface area contributed by atoms with E-state index in [4.69, 9.17) is 4.74 Å². The summed E-state index contributed by atoms with van der Waals surface area (Å²) >= 11 is 0. The van der Waals surface area contributed by atoms with E-state index in [0.717, 1.165) is 32.4 Å². The molecule has 1 N–H and O–H groups in total. The molecule has 1 rings (SSSR count). The maximum absolute atomic E-state index is 11.7. The standard InChI is InChI=1S/C13H25NO2/c1-3-5-7-11(4-2)10-14-13(15)12-8-6-9-16-12/h11-12H,3-10H2,1-2H3,(H,14,15)/t11-,12+/m0/s1. The summed E-state index contributed by atoms with van der Waals surface area (Å²) in [6.07, 6.45) is 6.58. The quantitative estimate of drug-likeness (QED) is 0.725. The Morgan fingerprint density at radius 2 is 2.31 bits per heavy atom. The van der Waals surface area contributed by atoms with E-state index in [-0.39, 0.29) is 12.0 Å². The van der Waals surface area contributed by atoms with Crippen LogP contribution in [-0.2, 0) is 9.53 Å². The van der Waals surface area contributed by atoms with E-state index in [1.54, 1.807) is 0 Å². The van der Waals surface area contributed by atoms with Gasteiger partial charge in [0.05, 0.1) is 0 Å². The molecule has 1 aliphatic rings. The predicted molar refractivity (Wildman–Crippen MR) is 65.3 cm³/mol. The van der Waals surface area contributed by atoms with Crippen molar-refractivity contribution in [2.45, 2.75) is 58.5 Å². The van der Waals surface area contributed by atoms with Crippen molar-refractivity contribution in [1.29, 1.82) is 0 Å². The Kier molecular flexibility index (Phi) is 6.46. The molecule has 0 saturated carbocycles. The molecule has 0 aliphatic carbocycles. The third kappa shape index (κ3) is 4.52. The molecule has 1 aliphatic heterocycles. The normalized spacial score (nSPS) is 22.0. The SMILES string of the molecule is CCCC[C@H](CC)CNC(=O)[C@H]1CCCO1. The fourth-order valence-corrected chi connectivity index (χ4v) is 2.09. The summed E-state index contributed by atoms with van der Waals surface area (Å²) in [5.41, 5.74) is 0. The van der Waals surface area contributed by atoms with Crippen molar-refractivity contribution in [3.05, 3.63) is 0 Å². The van der Waals surface area contributed by atoms with Crippen LogP contribution in [0.15, 0.2) is 0 Å². The Morgan fingerprint density at radius 1 is 1.50 bits per heavy atom. The molecule has 16 heavy (non-hydrogen) atoms. The van der Waals surface area contributed by atoms with E-state index >= 15 is 0 Å². The highest BCUT2D eigenvalue weighted by Gasteiger charge is 2.23. The van der Waals surface area contributed by atoms with Gasteiger partial charge in [0.2, 0.25) is 5.91 Å². The zero-order valence-electron chi connectivity index (χ0n) is 10.6. The van der Waals surface area contributed by atoms with Gasteiger partial charge in [-0.2, -0.15) is 0 Å². The Labute approximate surface area is 98.9 Å². The van der Waals surface area contributed by atoms with Gasteiger partial charge in [-0.05, 0) is 25.2 Å². The van der Waals surface area contributed by atoms with Crippen LogP contribution in [0.4, 0.5) is 0 Å². The number of rotatable bonds is 7. The molecule has 3 heteroatoms. The maximum Gasteiger partial charge on any atom is 0.249 e. The maximum atomic E-state index is 11.7. The molecule has 1 fully saturated rings. The van der Waals surface area contributed by atoms with Gasteiger partial charge in [0.25, 0.3) is 0 Å². The number of ether oxygens (including phenoxy) is 1.